The number of pyridine rings is 1. The van der Waals surface area contributed by atoms with E-state index in [0.717, 1.165) is 6.42 Å². The Morgan fingerprint density at radius 1 is 0.977 bits per heavy atom. The van der Waals surface area contributed by atoms with Gasteiger partial charge in [0.05, 0.1) is 36.0 Å². The molecule has 5 heterocycles. The normalized spacial score (nSPS) is 21.5. The lowest BCUT2D eigenvalue weighted by Gasteiger charge is -2.44. The van der Waals surface area contributed by atoms with Crippen LogP contribution in [0, 0.1) is 16.0 Å². The number of likely N-dealkylation sites (tertiary alicyclic amines) is 1. The Kier molecular flexibility index (Phi) is 6.01. The van der Waals surface area contributed by atoms with E-state index in [1.165, 1.54) is 34.7 Å². The van der Waals surface area contributed by atoms with E-state index in [9.17, 15) is 29.3 Å². The number of ether oxygens (including phenoxy) is 2. The first-order valence-electron chi connectivity index (χ1n) is 13.9. The van der Waals surface area contributed by atoms with E-state index >= 15 is 0 Å². The second-order valence-electron chi connectivity index (χ2n) is 11.2. The number of anilines is 1. The van der Waals surface area contributed by atoms with Crippen LogP contribution in [0.5, 0.6) is 11.5 Å². The van der Waals surface area contributed by atoms with Gasteiger partial charge in [0.2, 0.25) is 5.91 Å². The Morgan fingerprint density at radius 3 is 2.51 bits per heavy atom. The van der Waals surface area contributed by atoms with Crippen LogP contribution in [-0.2, 0) is 11.3 Å². The molecule has 1 saturated heterocycles. The fraction of sp³-hybridized carbons (Fsp3) is 0.333. The maximum absolute atomic E-state index is 13.9. The van der Waals surface area contributed by atoms with Crippen LogP contribution >= 0.6 is 0 Å². The molecule has 220 valence electrons. The fourth-order valence-electron chi connectivity index (χ4n) is 7.11. The van der Waals surface area contributed by atoms with Gasteiger partial charge >= 0.3 is 11.2 Å². The number of amides is 3. The van der Waals surface area contributed by atoms with E-state index in [2.05, 4.69) is 0 Å². The Morgan fingerprint density at radius 2 is 1.77 bits per heavy atom. The minimum atomic E-state index is -0.863. The van der Waals surface area contributed by atoms with Crippen LogP contribution < -0.4 is 19.9 Å². The fourth-order valence-corrected chi connectivity index (χ4v) is 7.11. The van der Waals surface area contributed by atoms with Gasteiger partial charge in [-0.25, -0.2) is 0 Å². The van der Waals surface area contributed by atoms with Crippen LogP contribution in [0.1, 0.15) is 50.5 Å². The number of nitro groups is 1. The number of rotatable bonds is 5. The van der Waals surface area contributed by atoms with E-state index in [4.69, 9.17) is 9.47 Å². The molecule has 43 heavy (non-hydrogen) atoms. The number of nitrogens with zero attached hydrogens (tertiary/aromatic N) is 5. The van der Waals surface area contributed by atoms with E-state index in [1.807, 2.05) is 0 Å². The molecule has 0 aliphatic carbocycles. The maximum Gasteiger partial charge on any atom is 0.334 e. The molecule has 0 spiro atoms. The summed E-state index contributed by atoms with van der Waals surface area (Å²) in [7, 11) is 2.92. The summed E-state index contributed by atoms with van der Waals surface area (Å²) in [6.45, 7) is 0.644. The molecule has 13 nitrogen and oxygen atoms in total. The van der Waals surface area contributed by atoms with E-state index in [-0.39, 0.29) is 54.0 Å². The molecule has 13 heteroatoms. The van der Waals surface area contributed by atoms with Crippen LogP contribution in [-0.4, -0.2) is 70.9 Å². The third kappa shape index (κ3) is 3.84. The predicted octanol–water partition coefficient (Wildman–Crippen LogP) is 2.53. The highest BCUT2D eigenvalue weighted by atomic mass is 16.6. The van der Waals surface area contributed by atoms with Gasteiger partial charge in [-0.3, -0.25) is 34.2 Å². The molecule has 1 aromatic heterocycles. The summed E-state index contributed by atoms with van der Waals surface area (Å²) >= 11 is 0. The number of fused-ring (bicyclic) bond motifs is 9. The zero-order valence-electron chi connectivity index (χ0n) is 23.4. The van der Waals surface area contributed by atoms with Crippen LogP contribution in [0.25, 0.3) is 0 Å². The van der Waals surface area contributed by atoms with Crippen molar-refractivity contribution >= 4 is 29.1 Å². The molecular weight excluding hydrogens is 558 g/mol. The standard InChI is InChI=1S/C30H27N5O8/c1-42-23-10-7-19-25(26(23)43-2)30(39)34-21-6-4-3-5-18(21)28(37)33(27(19)34)15-24(36)31-12-16-11-17(14-31)20-8-9-22(35(40)41)29(38)32(20)13-16/h3-10,16-17,27H,11-15H2,1-2H3/t16-,17+,27-/m1/s1. The Hall–Kier alpha value is -5.20. The monoisotopic (exact) mass is 585 g/mol. The van der Waals surface area contributed by atoms with Gasteiger partial charge < -0.3 is 23.8 Å². The van der Waals surface area contributed by atoms with Crippen molar-refractivity contribution in [2.75, 3.05) is 38.8 Å². The summed E-state index contributed by atoms with van der Waals surface area (Å²) in [5, 5.41) is 11.3. The molecule has 3 aromatic rings. The van der Waals surface area contributed by atoms with Crippen molar-refractivity contribution in [1.29, 1.82) is 0 Å². The quantitative estimate of drug-likeness (QED) is 0.328. The highest BCUT2D eigenvalue weighted by Crippen LogP contribution is 2.49. The SMILES string of the molecule is COc1ccc2c(c1OC)C(=O)N1c3ccccc3C(=O)N(CC(=O)N3C[C@H]4C[C@@H](C3)c3ccc([N+](=O)[O-])c(=O)n3C4)[C@@H]21. The van der Waals surface area contributed by atoms with Crippen molar-refractivity contribution in [3.05, 3.63) is 91.4 Å². The van der Waals surface area contributed by atoms with Crippen molar-refractivity contribution in [2.24, 2.45) is 5.92 Å². The van der Waals surface area contributed by atoms with Gasteiger partial charge in [-0.2, -0.15) is 0 Å². The second kappa shape index (κ2) is 9.68. The molecule has 3 amide bonds. The highest BCUT2D eigenvalue weighted by Gasteiger charge is 2.50. The molecule has 4 aliphatic rings. The van der Waals surface area contributed by atoms with E-state index in [0.29, 0.717) is 41.3 Å². The first kappa shape index (κ1) is 26.7. The van der Waals surface area contributed by atoms with Crippen molar-refractivity contribution in [3.63, 3.8) is 0 Å². The average Bonchev–Trinajstić information content (AvgIpc) is 3.31. The number of hydrogen-bond donors (Lipinski definition) is 0. The smallest absolute Gasteiger partial charge is 0.334 e. The predicted molar refractivity (Wildman–Crippen MR) is 151 cm³/mol. The van der Waals surface area contributed by atoms with Crippen molar-refractivity contribution in [2.45, 2.75) is 25.0 Å². The Labute approximate surface area is 245 Å². The summed E-state index contributed by atoms with van der Waals surface area (Å²) in [6.07, 6.45) is -0.116. The second-order valence-corrected chi connectivity index (χ2v) is 11.2. The third-order valence-electron chi connectivity index (χ3n) is 8.92. The summed E-state index contributed by atoms with van der Waals surface area (Å²) in [5.41, 5.74) is 1.13. The lowest BCUT2D eigenvalue weighted by Crippen LogP contribution is -2.55. The number of carbonyl (C=O) groups excluding carboxylic acids is 3. The van der Waals surface area contributed by atoms with E-state index < -0.39 is 22.3 Å². The molecule has 0 radical (unpaired) electrons. The molecule has 7 rings (SSSR count). The van der Waals surface area contributed by atoms with Crippen LogP contribution in [0.3, 0.4) is 0 Å². The van der Waals surface area contributed by atoms with Gasteiger partial charge in [-0.1, -0.05) is 18.2 Å². The zero-order chi connectivity index (χ0) is 30.2. The Balaban J connectivity index is 1.23. The van der Waals surface area contributed by atoms with Crippen molar-refractivity contribution in [1.82, 2.24) is 14.4 Å². The number of para-hydroxylation sites is 1. The summed E-state index contributed by atoms with van der Waals surface area (Å²) in [5.74, 6) is -0.644. The first-order chi connectivity index (χ1) is 20.7. The molecular formula is C30H27N5O8. The number of piperidine rings is 1. The molecule has 2 bridgehead atoms. The van der Waals surface area contributed by atoms with Crippen LogP contribution in [0.4, 0.5) is 11.4 Å². The van der Waals surface area contributed by atoms with Gasteiger partial charge in [0, 0.05) is 42.9 Å². The molecule has 4 aliphatic heterocycles. The summed E-state index contributed by atoms with van der Waals surface area (Å²) < 4.78 is 12.5. The van der Waals surface area contributed by atoms with Crippen molar-refractivity contribution < 1.29 is 28.8 Å². The number of hydrogen-bond acceptors (Lipinski definition) is 8. The molecule has 2 aromatic carbocycles. The first-order valence-corrected chi connectivity index (χ1v) is 13.9. The van der Waals surface area contributed by atoms with Gasteiger partial charge in [-0.15, -0.1) is 0 Å². The molecule has 0 saturated carbocycles. The summed E-state index contributed by atoms with van der Waals surface area (Å²) in [4.78, 5) is 69.8. The number of benzene rings is 2. The maximum atomic E-state index is 13.9. The lowest BCUT2D eigenvalue weighted by atomic mass is 9.83. The van der Waals surface area contributed by atoms with Crippen LogP contribution in [0.15, 0.2) is 53.3 Å². The van der Waals surface area contributed by atoms with Gasteiger partial charge in [0.25, 0.3) is 11.8 Å². The van der Waals surface area contributed by atoms with Crippen LogP contribution in [0.2, 0.25) is 0 Å². The average molecular weight is 586 g/mol. The molecule has 0 N–H and O–H groups in total. The molecule has 3 atom stereocenters. The van der Waals surface area contributed by atoms with Gasteiger partial charge in [0.15, 0.2) is 11.5 Å². The number of carbonyl (C=O) groups is 3. The summed E-state index contributed by atoms with van der Waals surface area (Å²) in [6, 6.07) is 13.0. The van der Waals surface area contributed by atoms with E-state index in [1.54, 1.807) is 47.4 Å². The number of methoxy groups -OCH3 is 2. The largest absolute Gasteiger partial charge is 0.493 e. The Bertz CT molecular complexity index is 1800. The van der Waals surface area contributed by atoms with Gasteiger partial charge in [-0.05, 0) is 36.6 Å². The van der Waals surface area contributed by atoms with Gasteiger partial charge in [0.1, 0.15) is 12.7 Å². The highest BCUT2D eigenvalue weighted by molar-refractivity contribution is 6.18. The third-order valence-corrected chi connectivity index (χ3v) is 8.92. The molecule has 0 unspecified atom stereocenters. The topological polar surface area (TPSA) is 145 Å². The number of aromatic nitrogens is 1. The zero-order valence-corrected chi connectivity index (χ0v) is 23.4. The minimum absolute atomic E-state index is 0.0744. The van der Waals surface area contributed by atoms with Crippen molar-refractivity contribution in [3.8, 4) is 11.5 Å². The minimum Gasteiger partial charge on any atom is -0.493 e. The lowest BCUT2D eigenvalue weighted by molar-refractivity contribution is -0.386. The molecule has 1 fully saturated rings.